The van der Waals surface area contributed by atoms with Crippen molar-refractivity contribution in [1.29, 1.82) is 0 Å². The standard InChI is InChI=1S/C5H10N2O2/c1-5(2-9-3-5)4(8)7-6/h2-3,6H2,1H3,(H,7,8). The summed E-state index contributed by atoms with van der Waals surface area (Å²) < 4.78 is 4.84. The van der Waals surface area contributed by atoms with Crippen LogP contribution in [-0.2, 0) is 9.53 Å². The van der Waals surface area contributed by atoms with Crippen molar-refractivity contribution in [2.45, 2.75) is 6.92 Å². The molecule has 1 heterocycles. The maximum atomic E-state index is 10.8. The van der Waals surface area contributed by atoms with Gasteiger partial charge in [0.15, 0.2) is 0 Å². The first-order valence-corrected chi connectivity index (χ1v) is 2.78. The van der Waals surface area contributed by atoms with E-state index in [0.29, 0.717) is 13.2 Å². The molecule has 0 aliphatic carbocycles. The number of hydrogen-bond donors (Lipinski definition) is 2. The van der Waals surface area contributed by atoms with Gasteiger partial charge in [-0.3, -0.25) is 10.2 Å². The molecule has 1 fully saturated rings. The Kier molecular flexibility index (Phi) is 1.42. The zero-order valence-electron chi connectivity index (χ0n) is 5.31. The molecule has 1 aliphatic rings. The maximum absolute atomic E-state index is 10.8. The lowest BCUT2D eigenvalue weighted by Gasteiger charge is -2.35. The zero-order chi connectivity index (χ0) is 6.91. The average molecular weight is 130 g/mol. The van der Waals surface area contributed by atoms with E-state index in [4.69, 9.17) is 10.6 Å². The van der Waals surface area contributed by atoms with Crippen LogP contribution in [0.25, 0.3) is 0 Å². The molecular weight excluding hydrogens is 120 g/mol. The Balaban J connectivity index is 2.49. The van der Waals surface area contributed by atoms with Crippen molar-refractivity contribution in [3.05, 3.63) is 0 Å². The van der Waals surface area contributed by atoms with E-state index in [1.807, 2.05) is 6.92 Å². The van der Waals surface area contributed by atoms with Crippen LogP contribution in [0.1, 0.15) is 6.92 Å². The van der Waals surface area contributed by atoms with Crippen molar-refractivity contribution in [2.75, 3.05) is 13.2 Å². The lowest BCUT2D eigenvalue weighted by molar-refractivity contribution is -0.157. The lowest BCUT2D eigenvalue weighted by Crippen LogP contribution is -2.53. The van der Waals surface area contributed by atoms with E-state index >= 15 is 0 Å². The SMILES string of the molecule is CC1(C(=O)NN)COC1. The number of ether oxygens (including phenoxy) is 1. The number of carbonyl (C=O) groups is 1. The number of rotatable bonds is 1. The van der Waals surface area contributed by atoms with Gasteiger partial charge < -0.3 is 4.74 Å². The molecule has 0 aromatic rings. The highest BCUT2D eigenvalue weighted by atomic mass is 16.5. The summed E-state index contributed by atoms with van der Waals surface area (Å²) in [5, 5.41) is 0. The van der Waals surface area contributed by atoms with E-state index < -0.39 is 0 Å². The largest absolute Gasteiger partial charge is 0.379 e. The van der Waals surface area contributed by atoms with Gasteiger partial charge in [0.2, 0.25) is 5.91 Å². The fraction of sp³-hybridized carbons (Fsp3) is 0.800. The highest BCUT2D eigenvalue weighted by molar-refractivity contribution is 5.82. The highest BCUT2D eigenvalue weighted by Crippen LogP contribution is 2.25. The predicted octanol–water partition coefficient (Wildman–Crippen LogP) is -0.987. The molecule has 0 saturated carbocycles. The number of hydrogen-bond acceptors (Lipinski definition) is 3. The van der Waals surface area contributed by atoms with Gasteiger partial charge in [0.25, 0.3) is 0 Å². The molecule has 9 heavy (non-hydrogen) atoms. The molecular formula is C5H10N2O2. The van der Waals surface area contributed by atoms with Crippen molar-refractivity contribution in [2.24, 2.45) is 11.3 Å². The van der Waals surface area contributed by atoms with Gasteiger partial charge in [-0.15, -0.1) is 0 Å². The minimum Gasteiger partial charge on any atom is -0.379 e. The third-order valence-electron chi connectivity index (χ3n) is 1.52. The van der Waals surface area contributed by atoms with Crippen LogP contribution in [0, 0.1) is 5.41 Å². The van der Waals surface area contributed by atoms with Crippen LogP contribution in [0.4, 0.5) is 0 Å². The Morgan fingerprint density at radius 2 is 2.33 bits per heavy atom. The van der Waals surface area contributed by atoms with Crippen LogP contribution in [0.3, 0.4) is 0 Å². The van der Waals surface area contributed by atoms with Crippen molar-refractivity contribution in [3.8, 4) is 0 Å². The molecule has 0 aromatic carbocycles. The summed E-state index contributed by atoms with van der Waals surface area (Å²) in [6, 6.07) is 0. The molecule has 0 unspecified atom stereocenters. The smallest absolute Gasteiger partial charge is 0.244 e. The van der Waals surface area contributed by atoms with Crippen molar-refractivity contribution >= 4 is 5.91 Å². The van der Waals surface area contributed by atoms with Crippen LogP contribution in [0.2, 0.25) is 0 Å². The molecule has 1 aliphatic heterocycles. The fourth-order valence-corrected chi connectivity index (χ4v) is 0.714. The quantitative estimate of drug-likeness (QED) is 0.272. The second kappa shape index (κ2) is 1.97. The Bertz CT molecular complexity index is 131. The Morgan fingerprint density at radius 3 is 2.44 bits per heavy atom. The Labute approximate surface area is 53.3 Å². The van der Waals surface area contributed by atoms with Crippen LogP contribution < -0.4 is 11.3 Å². The second-order valence-electron chi connectivity index (χ2n) is 2.53. The molecule has 1 amide bonds. The number of nitrogens with two attached hydrogens (primary N) is 1. The number of nitrogens with one attached hydrogen (secondary N) is 1. The molecule has 1 rings (SSSR count). The summed E-state index contributed by atoms with van der Waals surface area (Å²) in [6.45, 7) is 2.78. The molecule has 3 N–H and O–H groups in total. The molecule has 0 bridgehead atoms. The van der Waals surface area contributed by atoms with Crippen LogP contribution in [-0.4, -0.2) is 19.1 Å². The first kappa shape index (κ1) is 6.51. The number of hydrazine groups is 1. The van der Waals surface area contributed by atoms with Gasteiger partial charge in [0.1, 0.15) is 0 Å². The minimum absolute atomic E-state index is 0.145. The van der Waals surface area contributed by atoms with E-state index in [-0.39, 0.29) is 11.3 Å². The van der Waals surface area contributed by atoms with Crippen molar-refractivity contribution in [1.82, 2.24) is 5.43 Å². The van der Waals surface area contributed by atoms with E-state index in [9.17, 15) is 4.79 Å². The normalized spacial score (nSPS) is 22.4. The summed E-state index contributed by atoms with van der Waals surface area (Å²) in [6.07, 6.45) is 0. The maximum Gasteiger partial charge on any atom is 0.244 e. The predicted molar refractivity (Wildman–Crippen MR) is 31.3 cm³/mol. The van der Waals surface area contributed by atoms with E-state index in [1.54, 1.807) is 0 Å². The second-order valence-corrected chi connectivity index (χ2v) is 2.53. The summed E-state index contributed by atoms with van der Waals surface area (Å²) in [5.74, 6) is 4.77. The molecule has 4 heteroatoms. The molecule has 4 nitrogen and oxygen atoms in total. The van der Waals surface area contributed by atoms with E-state index in [1.165, 1.54) is 0 Å². The molecule has 52 valence electrons. The van der Waals surface area contributed by atoms with E-state index in [2.05, 4.69) is 5.43 Å². The summed E-state index contributed by atoms with van der Waals surface area (Å²) in [7, 11) is 0. The van der Waals surface area contributed by atoms with Crippen molar-refractivity contribution < 1.29 is 9.53 Å². The van der Waals surface area contributed by atoms with Gasteiger partial charge >= 0.3 is 0 Å². The van der Waals surface area contributed by atoms with Crippen molar-refractivity contribution in [3.63, 3.8) is 0 Å². The zero-order valence-corrected chi connectivity index (χ0v) is 5.31. The molecule has 0 spiro atoms. The van der Waals surface area contributed by atoms with Crippen LogP contribution >= 0.6 is 0 Å². The highest BCUT2D eigenvalue weighted by Gasteiger charge is 2.40. The van der Waals surface area contributed by atoms with E-state index in [0.717, 1.165) is 0 Å². The third kappa shape index (κ3) is 0.906. The number of amides is 1. The van der Waals surface area contributed by atoms with Gasteiger partial charge in [0.05, 0.1) is 18.6 Å². The first-order valence-electron chi connectivity index (χ1n) is 2.78. The summed E-state index contributed by atoms with van der Waals surface area (Å²) >= 11 is 0. The average Bonchev–Trinajstić information content (AvgIpc) is 1.81. The van der Waals surface area contributed by atoms with Crippen LogP contribution in [0.15, 0.2) is 0 Å². The van der Waals surface area contributed by atoms with Crippen LogP contribution in [0.5, 0.6) is 0 Å². The van der Waals surface area contributed by atoms with Gasteiger partial charge in [-0.1, -0.05) is 0 Å². The molecule has 0 aromatic heterocycles. The fourth-order valence-electron chi connectivity index (χ4n) is 0.714. The summed E-state index contributed by atoms with van der Waals surface area (Å²) in [4.78, 5) is 10.8. The van der Waals surface area contributed by atoms with Gasteiger partial charge in [-0.2, -0.15) is 0 Å². The summed E-state index contributed by atoms with van der Waals surface area (Å²) in [5.41, 5.74) is 1.72. The monoisotopic (exact) mass is 130 g/mol. The number of carbonyl (C=O) groups excluding carboxylic acids is 1. The van der Waals surface area contributed by atoms with Gasteiger partial charge in [-0.05, 0) is 6.92 Å². The van der Waals surface area contributed by atoms with Gasteiger partial charge in [0, 0.05) is 0 Å². The molecule has 0 atom stereocenters. The topological polar surface area (TPSA) is 64.4 Å². The molecule has 0 radical (unpaired) electrons. The Hall–Kier alpha value is -0.610. The molecule has 1 saturated heterocycles. The lowest BCUT2D eigenvalue weighted by atomic mass is 9.88. The minimum atomic E-state index is -0.366. The first-order chi connectivity index (χ1) is 4.19. The Morgan fingerprint density at radius 1 is 1.78 bits per heavy atom. The third-order valence-corrected chi connectivity index (χ3v) is 1.52. The van der Waals surface area contributed by atoms with Gasteiger partial charge in [-0.25, -0.2) is 5.84 Å².